The molecule has 39 heavy (non-hydrogen) atoms. The van der Waals surface area contributed by atoms with E-state index in [9.17, 15) is 13.2 Å². The molecule has 1 aliphatic rings. The highest BCUT2D eigenvalue weighted by atomic mass is 32.2. The number of aliphatic hydroxyl groups is 1. The lowest BCUT2D eigenvalue weighted by atomic mass is 9.99. The Kier molecular flexibility index (Phi) is 10.5. The van der Waals surface area contributed by atoms with E-state index in [1.54, 1.807) is 17.1 Å². The van der Waals surface area contributed by atoms with Gasteiger partial charge in [0.1, 0.15) is 0 Å². The minimum Gasteiger partial charge on any atom is -0.395 e. The molecule has 12 nitrogen and oxygen atoms in total. The Labute approximate surface area is 228 Å². The van der Waals surface area contributed by atoms with Crippen LogP contribution in [0.4, 0.5) is 11.6 Å². The Bertz CT molecular complexity index is 1350. The predicted molar refractivity (Wildman–Crippen MR) is 147 cm³/mol. The Balaban J connectivity index is 0.000000532. The van der Waals surface area contributed by atoms with Gasteiger partial charge in [0.25, 0.3) is 10.1 Å². The van der Waals surface area contributed by atoms with Gasteiger partial charge in [0.05, 0.1) is 42.1 Å². The van der Waals surface area contributed by atoms with Crippen molar-refractivity contribution in [2.75, 3.05) is 30.8 Å². The molecule has 2 aromatic heterocycles. The second-order valence-corrected chi connectivity index (χ2v) is 11.1. The number of carbonyl (C=O) groups excluding carboxylic acids is 1. The van der Waals surface area contributed by atoms with E-state index in [-0.39, 0.29) is 18.1 Å². The summed E-state index contributed by atoms with van der Waals surface area (Å²) in [5.41, 5.74) is 5.03. The highest BCUT2D eigenvalue weighted by molar-refractivity contribution is 7.85. The van der Waals surface area contributed by atoms with Crippen LogP contribution in [-0.4, -0.2) is 86.3 Å². The molecule has 0 unspecified atom stereocenters. The minimum atomic E-state index is -3.92. The lowest BCUT2D eigenvalue weighted by Gasteiger charge is -2.40. The fourth-order valence-electron chi connectivity index (χ4n) is 3.96. The molecule has 3 heterocycles. The maximum atomic E-state index is 12.5. The largest absolute Gasteiger partial charge is 0.395 e. The summed E-state index contributed by atoms with van der Waals surface area (Å²) >= 11 is 0. The molecule has 0 saturated carbocycles. The van der Waals surface area contributed by atoms with Crippen LogP contribution in [0.15, 0.2) is 42.9 Å². The topological polar surface area (TPSA) is 160 Å². The normalized spacial score (nSPS) is 13.6. The molecule has 0 bridgehead atoms. The van der Waals surface area contributed by atoms with Crippen LogP contribution in [0.5, 0.6) is 0 Å². The molecule has 1 aliphatic heterocycles. The lowest BCUT2D eigenvalue weighted by Crippen LogP contribution is -2.55. The first kappa shape index (κ1) is 30.2. The lowest BCUT2D eigenvalue weighted by molar-refractivity contribution is -0.148. The molecular formula is C26H36N6O6S. The van der Waals surface area contributed by atoms with E-state index < -0.39 is 22.5 Å². The Morgan fingerprint density at radius 1 is 1.26 bits per heavy atom. The Morgan fingerprint density at radius 3 is 2.56 bits per heavy atom. The molecule has 13 heteroatoms. The van der Waals surface area contributed by atoms with E-state index >= 15 is 0 Å². The summed E-state index contributed by atoms with van der Waals surface area (Å²) in [7, 11) is -2.06. The number of ether oxygens (including phenoxy) is 1. The summed E-state index contributed by atoms with van der Waals surface area (Å²) in [6.45, 7) is 7.01. The van der Waals surface area contributed by atoms with Gasteiger partial charge in [-0.2, -0.15) is 13.5 Å². The van der Waals surface area contributed by atoms with Gasteiger partial charge in [-0.25, -0.2) is 9.97 Å². The zero-order chi connectivity index (χ0) is 28.6. The van der Waals surface area contributed by atoms with E-state index in [2.05, 4.69) is 45.5 Å². The van der Waals surface area contributed by atoms with Gasteiger partial charge >= 0.3 is 0 Å². The first-order chi connectivity index (χ1) is 18.4. The van der Waals surface area contributed by atoms with E-state index in [0.717, 1.165) is 28.9 Å². The smallest absolute Gasteiger partial charge is 0.267 e. The molecular weight excluding hydrogens is 524 g/mol. The Morgan fingerprint density at radius 2 is 2.00 bits per heavy atom. The summed E-state index contributed by atoms with van der Waals surface area (Å²) in [5.74, 6) is 0.142. The minimum absolute atomic E-state index is 0.186. The van der Waals surface area contributed by atoms with Crippen molar-refractivity contribution in [2.45, 2.75) is 45.8 Å². The van der Waals surface area contributed by atoms with E-state index in [1.165, 1.54) is 5.56 Å². The van der Waals surface area contributed by atoms with Crippen LogP contribution < -0.4 is 5.32 Å². The number of benzene rings is 1. The molecule has 1 amide bonds. The van der Waals surface area contributed by atoms with Crippen molar-refractivity contribution < 1.29 is 27.6 Å². The number of hydrogen-bond donors (Lipinski definition) is 3. The number of hydrogen-bond acceptors (Lipinski definition) is 9. The first-order valence-electron chi connectivity index (χ1n) is 12.6. The standard InChI is InChI=1S/C24H30N6O2.C2H6O4S/c1-16(2)32-21-14-30(15-21)23(31)8-7-18-5-6-19(11-17(18)3)22-9-10-25-24(28-22)27-20-12-26-29(4)13-20;3-1-2-7(4,5)6/h5-6,9-13,16,21H,7-8,14-15H2,1-4H3,(H,25,27,28);3H,1-2H2,(H,4,5,6). The van der Waals surface area contributed by atoms with Gasteiger partial charge in [-0.15, -0.1) is 0 Å². The monoisotopic (exact) mass is 560 g/mol. The van der Waals surface area contributed by atoms with Crippen LogP contribution in [0.1, 0.15) is 31.4 Å². The average molecular weight is 561 g/mol. The summed E-state index contributed by atoms with van der Waals surface area (Å²) in [6, 6.07) is 8.16. The van der Waals surface area contributed by atoms with Crippen molar-refractivity contribution in [3.63, 3.8) is 0 Å². The number of anilines is 2. The van der Waals surface area contributed by atoms with E-state index in [0.29, 0.717) is 25.5 Å². The number of aryl methyl sites for hydroxylation is 3. The zero-order valence-electron chi connectivity index (χ0n) is 22.6. The number of likely N-dealkylation sites (tertiary alicyclic amines) is 1. The van der Waals surface area contributed by atoms with Crippen molar-refractivity contribution in [2.24, 2.45) is 7.05 Å². The number of nitrogens with zero attached hydrogens (tertiary/aromatic N) is 5. The number of aliphatic hydroxyl groups excluding tert-OH is 1. The SMILES string of the molecule is Cc1cc(-c2ccnc(Nc3cnn(C)c3)n2)ccc1CCC(=O)N1CC(OC(C)C)C1.O=S(=O)(O)CCO. The molecule has 1 aromatic carbocycles. The molecule has 3 aromatic rings. The highest BCUT2D eigenvalue weighted by Crippen LogP contribution is 2.23. The maximum Gasteiger partial charge on any atom is 0.267 e. The quantitative estimate of drug-likeness (QED) is 0.314. The number of aromatic nitrogens is 4. The highest BCUT2D eigenvalue weighted by Gasteiger charge is 2.31. The molecule has 4 rings (SSSR count). The summed E-state index contributed by atoms with van der Waals surface area (Å²) in [4.78, 5) is 23.3. The van der Waals surface area contributed by atoms with Gasteiger partial charge in [-0.1, -0.05) is 12.1 Å². The van der Waals surface area contributed by atoms with Crippen molar-refractivity contribution in [1.29, 1.82) is 0 Å². The Hall–Kier alpha value is -3.39. The van der Waals surface area contributed by atoms with Crippen LogP contribution in [-0.2, 0) is 33.1 Å². The third kappa shape index (κ3) is 9.70. The third-order valence-electron chi connectivity index (χ3n) is 5.88. The van der Waals surface area contributed by atoms with Gasteiger partial charge < -0.3 is 20.1 Å². The van der Waals surface area contributed by atoms with Crippen LogP contribution >= 0.6 is 0 Å². The number of amides is 1. The number of rotatable bonds is 10. The van der Waals surface area contributed by atoms with Crippen molar-refractivity contribution in [3.05, 3.63) is 54.0 Å². The summed E-state index contributed by atoms with van der Waals surface area (Å²) in [5, 5.41) is 15.2. The molecule has 212 valence electrons. The third-order valence-corrected chi connectivity index (χ3v) is 6.58. The second kappa shape index (κ2) is 13.6. The molecule has 0 radical (unpaired) electrons. The van der Waals surface area contributed by atoms with Crippen molar-refractivity contribution in [3.8, 4) is 11.3 Å². The van der Waals surface area contributed by atoms with Crippen LogP contribution in [0.25, 0.3) is 11.3 Å². The molecule has 3 N–H and O–H groups in total. The van der Waals surface area contributed by atoms with Crippen LogP contribution in [0.2, 0.25) is 0 Å². The number of carbonyl (C=O) groups is 1. The van der Waals surface area contributed by atoms with Crippen molar-refractivity contribution >= 4 is 27.7 Å². The van der Waals surface area contributed by atoms with Gasteiger partial charge in [0, 0.05) is 44.5 Å². The molecule has 0 spiro atoms. The van der Waals surface area contributed by atoms with E-state index in [1.807, 2.05) is 38.1 Å². The number of nitrogens with one attached hydrogen (secondary N) is 1. The molecule has 1 saturated heterocycles. The fraction of sp³-hybridized carbons (Fsp3) is 0.462. The molecule has 0 atom stereocenters. The summed E-state index contributed by atoms with van der Waals surface area (Å²) < 4.78 is 34.5. The molecule has 0 aliphatic carbocycles. The maximum absolute atomic E-state index is 12.5. The zero-order valence-corrected chi connectivity index (χ0v) is 23.4. The van der Waals surface area contributed by atoms with Gasteiger partial charge in [-0.05, 0) is 50.5 Å². The van der Waals surface area contributed by atoms with E-state index in [4.69, 9.17) is 14.4 Å². The average Bonchev–Trinajstić information content (AvgIpc) is 3.24. The van der Waals surface area contributed by atoms with Gasteiger partial charge in [0.2, 0.25) is 11.9 Å². The predicted octanol–water partition coefficient (Wildman–Crippen LogP) is 2.36. The summed E-state index contributed by atoms with van der Waals surface area (Å²) in [6.07, 6.45) is 6.98. The molecule has 1 fully saturated rings. The second-order valence-electron chi connectivity index (χ2n) is 9.55. The van der Waals surface area contributed by atoms with Crippen LogP contribution in [0.3, 0.4) is 0 Å². The van der Waals surface area contributed by atoms with Gasteiger partial charge in [0.15, 0.2) is 0 Å². The van der Waals surface area contributed by atoms with Crippen LogP contribution in [0, 0.1) is 6.92 Å². The van der Waals surface area contributed by atoms with Crippen molar-refractivity contribution in [1.82, 2.24) is 24.6 Å². The first-order valence-corrected chi connectivity index (χ1v) is 14.2. The fourth-order valence-corrected chi connectivity index (χ4v) is 4.19. The van der Waals surface area contributed by atoms with Gasteiger partial charge in [-0.3, -0.25) is 14.0 Å².